The minimum absolute atomic E-state index is 0.0267. The maximum atomic E-state index is 13.7. The van der Waals surface area contributed by atoms with E-state index in [4.69, 9.17) is 11.5 Å². The van der Waals surface area contributed by atoms with Crippen LogP contribution in [0, 0.1) is 11.8 Å². The normalized spacial score (nSPS) is 18.5. The second-order valence-electron chi connectivity index (χ2n) is 13.8. The lowest BCUT2D eigenvalue weighted by Gasteiger charge is -2.32. The number of nitrogens with two attached hydrogens (primary N) is 2. The summed E-state index contributed by atoms with van der Waals surface area (Å²) in [5, 5.41) is 16.6. The van der Waals surface area contributed by atoms with E-state index in [1.54, 1.807) is 20.9 Å². The van der Waals surface area contributed by atoms with Gasteiger partial charge in [0.1, 0.15) is 30.2 Å². The van der Waals surface area contributed by atoms with Gasteiger partial charge in [0.25, 0.3) is 0 Å². The Morgan fingerprint density at radius 2 is 1.40 bits per heavy atom. The van der Waals surface area contributed by atoms with Gasteiger partial charge in [-0.25, -0.2) is 0 Å². The first-order valence-corrected chi connectivity index (χ1v) is 18.0. The molecule has 1 aliphatic heterocycles. The Kier molecular flexibility index (Phi) is 19.6. The highest BCUT2D eigenvalue weighted by Crippen LogP contribution is 2.21. The standard InChI is InChI=1S/C34H63N9O7/c1-9-20(4)28(42-32(48)25-14-12-18-43(25)34(50)27(19(2)3)41-29(45)22(6)37-8)33(49)39-23(7)30(46)40-24(15-16-26(36)44)31(47)38-21(5)13-10-11-17-35/h19-25,27-28,37H,9-18,35H2,1-8H3,(H2,36,44)(H,38,47)(H,39,49)(H,40,46)(H,41,45)(H,42,48)/t20-,21+,22-,23-,24-,25-,27-,28-/m0/s1. The molecule has 1 aliphatic rings. The third-order valence-electron chi connectivity index (χ3n) is 9.23. The summed E-state index contributed by atoms with van der Waals surface area (Å²) in [6, 6.07) is -5.58. The topological polar surface area (TPSA) is 247 Å². The zero-order valence-electron chi connectivity index (χ0n) is 31.2. The van der Waals surface area contributed by atoms with E-state index in [2.05, 4.69) is 31.9 Å². The molecule has 16 nitrogen and oxygen atoms in total. The quantitative estimate of drug-likeness (QED) is 0.0651. The van der Waals surface area contributed by atoms with Gasteiger partial charge in [0, 0.05) is 19.0 Å². The highest BCUT2D eigenvalue weighted by Gasteiger charge is 2.40. The summed E-state index contributed by atoms with van der Waals surface area (Å²) >= 11 is 0. The Labute approximate surface area is 297 Å². The van der Waals surface area contributed by atoms with Crippen LogP contribution in [0.15, 0.2) is 0 Å². The van der Waals surface area contributed by atoms with E-state index in [0.717, 1.165) is 12.8 Å². The number of carbonyl (C=O) groups is 7. The molecule has 1 fully saturated rings. The van der Waals surface area contributed by atoms with Crippen molar-refractivity contribution in [1.29, 1.82) is 0 Å². The number of likely N-dealkylation sites (N-methyl/N-ethyl adjacent to an activating group) is 1. The molecule has 286 valence electrons. The SMILES string of the molecule is CC[C@H](C)[C@H](NC(=O)[C@@H]1CCCN1C(=O)[C@@H](NC(=O)[C@H](C)NC)C(C)C)C(=O)N[C@@H](C)C(=O)N[C@@H](CCC(N)=O)C(=O)N[C@H](C)CCCCN. The molecule has 1 saturated heterocycles. The van der Waals surface area contributed by atoms with Gasteiger partial charge in [0.15, 0.2) is 0 Å². The second kappa shape index (κ2) is 22.1. The Balaban J connectivity index is 3.03. The molecule has 0 aliphatic carbocycles. The van der Waals surface area contributed by atoms with Crippen LogP contribution >= 0.6 is 0 Å². The molecule has 0 radical (unpaired) electrons. The molecule has 0 aromatic rings. The molecule has 10 N–H and O–H groups in total. The molecule has 0 unspecified atom stereocenters. The molecule has 0 saturated carbocycles. The fraction of sp³-hybridized carbons (Fsp3) is 0.794. The van der Waals surface area contributed by atoms with Crippen LogP contribution < -0.4 is 43.4 Å². The zero-order chi connectivity index (χ0) is 38.1. The van der Waals surface area contributed by atoms with Crippen molar-refractivity contribution >= 4 is 41.4 Å². The summed E-state index contributed by atoms with van der Waals surface area (Å²) < 4.78 is 0. The van der Waals surface area contributed by atoms with E-state index in [9.17, 15) is 33.6 Å². The summed E-state index contributed by atoms with van der Waals surface area (Å²) in [5.41, 5.74) is 10.8. The highest BCUT2D eigenvalue weighted by atomic mass is 16.2. The first-order chi connectivity index (χ1) is 23.5. The van der Waals surface area contributed by atoms with Crippen LogP contribution in [0.3, 0.4) is 0 Å². The zero-order valence-corrected chi connectivity index (χ0v) is 31.2. The molecule has 50 heavy (non-hydrogen) atoms. The van der Waals surface area contributed by atoms with E-state index in [1.165, 1.54) is 11.8 Å². The molecule has 7 amide bonds. The van der Waals surface area contributed by atoms with Crippen LogP contribution in [-0.2, 0) is 33.6 Å². The smallest absolute Gasteiger partial charge is 0.246 e. The lowest BCUT2D eigenvalue weighted by Crippen LogP contribution is -2.60. The van der Waals surface area contributed by atoms with Crippen LogP contribution in [0.1, 0.15) is 99.8 Å². The first kappa shape index (κ1) is 44.2. The predicted molar refractivity (Wildman–Crippen MR) is 190 cm³/mol. The third kappa shape index (κ3) is 14.2. The van der Waals surface area contributed by atoms with Crippen LogP contribution in [0.2, 0.25) is 0 Å². The highest BCUT2D eigenvalue weighted by molar-refractivity contribution is 5.97. The van der Waals surface area contributed by atoms with Crippen LogP contribution in [-0.4, -0.2) is 109 Å². The van der Waals surface area contributed by atoms with Gasteiger partial charge >= 0.3 is 0 Å². The molecule has 16 heteroatoms. The first-order valence-electron chi connectivity index (χ1n) is 18.0. The predicted octanol–water partition coefficient (Wildman–Crippen LogP) is -0.854. The summed E-state index contributed by atoms with van der Waals surface area (Å²) in [6.07, 6.45) is 3.63. The van der Waals surface area contributed by atoms with E-state index in [1.807, 2.05) is 27.7 Å². The Bertz CT molecular complexity index is 1170. The average molecular weight is 710 g/mol. The third-order valence-corrected chi connectivity index (χ3v) is 9.23. The Morgan fingerprint density at radius 3 is 1.96 bits per heavy atom. The van der Waals surface area contributed by atoms with Crippen molar-refractivity contribution in [2.24, 2.45) is 23.3 Å². The van der Waals surface area contributed by atoms with Crippen molar-refractivity contribution in [3.05, 3.63) is 0 Å². The molecule has 0 spiro atoms. The maximum absolute atomic E-state index is 13.7. The summed E-state index contributed by atoms with van der Waals surface area (Å²) in [5.74, 6) is -4.15. The number of nitrogens with one attached hydrogen (secondary N) is 6. The molecule has 1 heterocycles. The van der Waals surface area contributed by atoms with Gasteiger partial charge in [0.05, 0.1) is 6.04 Å². The fourth-order valence-electron chi connectivity index (χ4n) is 5.59. The number of hydrogen-bond acceptors (Lipinski definition) is 9. The van der Waals surface area contributed by atoms with E-state index < -0.39 is 65.8 Å². The number of hydrogen-bond donors (Lipinski definition) is 8. The maximum Gasteiger partial charge on any atom is 0.246 e. The number of amides is 7. The second-order valence-corrected chi connectivity index (χ2v) is 13.8. The number of unbranched alkanes of at least 4 members (excludes halogenated alkanes) is 1. The van der Waals surface area contributed by atoms with Gasteiger partial charge in [-0.15, -0.1) is 0 Å². The molecule has 0 aromatic carbocycles. The van der Waals surface area contributed by atoms with Gasteiger partial charge < -0.3 is 48.3 Å². The molecular weight excluding hydrogens is 646 g/mol. The molecule has 0 bridgehead atoms. The van der Waals surface area contributed by atoms with Crippen molar-refractivity contribution in [2.75, 3.05) is 20.1 Å². The number of likely N-dealkylation sites (tertiary alicyclic amines) is 1. The van der Waals surface area contributed by atoms with E-state index in [-0.39, 0.29) is 42.5 Å². The van der Waals surface area contributed by atoms with E-state index in [0.29, 0.717) is 38.8 Å². The monoisotopic (exact) mass is 709 g/mol. The van der Waals surface area contributed by atoms with Crippen LogP contribution in [0.25, 0.3) is 0 Å². The summed E-state index contributed by atoms with van der Waals surface area (Å²) in [7, 11) is 1.64. The van der Waals surface area contributed by atoms with Crippen LogP contribution in [0.4, 0.5) is 0 Å². The Hall–Kier alpha value is -3.79. The van der Waals surface area contributed by atoms with Crippen LogP contribution in [0.5, 0.6) is 0 Å². The molecular formula is C34H63N9O7. The lowest BCUT2D eigenvalue weighted by molar-refractivity contribution is -0.143. The molecule has 8 atom stereocenters. The van der Waals surface area contributed by atoms with E-state index >= 15 is 0 Å². The minimum Gasteiger partial charge on any atom is -0.370 e. The fourth-order valence-corrected chi connectivity index (χ4v) is 5.59. The summed E-state index contributed by atoms with van der Waals surface area (Å²) in [6.45, 7) is 13.1. The van der Waals surface area contributed by atoms with Gasteiger partial charge in [-0.3, -0.25) is 33.6 Å². The lowest BCUT2D eigenvalue weighted by atomic mass is 9.97. The van der Waals surface area contributed by atoms with Crippen molar-refractivity contribution in [2.45, 2.75) is 142 Å². The number of primary amides is 1. The van der Waals surface area contributed by atoms with Crippen molar-refractivity contribution in [1.82, 2.24) is 36.8 Å². The van der Waals surface area contributed by atoms with Crippen molar-refractivity contribution in [3.63, 3.8) is 0 Å². The number of carbonyl (C=O) groups excluding carboxylic acids is 7. The number of nitrogens with zero attached hydrogens (tertiary/aromatic N) is 1. The Morgan fingerprint density at radius 1 is 0.760 bits per heavy atom. The van der Waals surface area contributed by atoms with Crippen molar-refractivity contribution < 1.29 is 33.6 Å². The minimum atomic E-state index is -1.10. The largest absolute Gasteiger partial charge is 0.370 e. The van der Waals surface area contributed by atoms with Gasteiger partial charge in [-0.1, -0.05) is 40.5 Å². The van der Waals surface area contributed by atoms with Gasteiger partial charge in [-0.05, 0) is 78.3 Å². The van der Waals surface area contributed by atoms with Gasteiger partial charge in [0.2, 0.25) is 41.4 Å². The summed E-state index contributed by atoms with van der Waals surface area (Å²) in [4.78, 5) is 92.6. The number of rotatable bonds is 22. The van der Waals surface area contributed by atoms with Gasteiger partial charge in [-0.2, -0.15) is 0 Å². The van der Waals surface area contributed by atoms with Crippen molar-refractivity contribution in [3.8, 4) is 0 Å². The molecule has 1 rings (SSSR count). The average Bonchev–Trinajstić information content (AvgIpc) is 3.56. The molecule has 0 aromatic heterocycles.